The van der Waals surface area contributed by atoms with Crippen molar-refractivity contribution in [2.24, 2.45) is 0 Å². The summed E-state index contributed by atoms with van der Waals surface area (Å²) in [5.41, 5.74) is 1.08. The molecule has 0 aliphatic heterocycles. The number of rotatable bonds is 7. The van der Waals surface area contributed by atoms with Crippen LogP contribution in [0.25, 0.3) is 0 Å². The number of carbonyl (C=O) groups is 2. The molecule has 1 aliphatic carbocycles. The van der Waals surface area contributed by atoms with Gasteiger partial charge in [0.1, 0.15) is 11.6 Å². The molecule has 1 saturated carbocycles. The molecule has 3 rings (SSSR count). The zero-order valence-corrected chi connectivity index (χ0v) is 13.5. The third-order valence-electron chi connectivity index (χ3n) is 4.34. The first-order chi connectivity index (χ1) is 12.0. The molecule has 2 aromatic rings. The lowest BCUT2D eigenvalue weighted by molar-refractivity contribution is -0.139. The van der Waals surface area contributed by atoms with Crippen molar-refractivity contribution in [3.05, 3.63) is 65.5 Å². The van der Waals surface area contributed by atoms with Crippen LogP contribution in [0.5, 0.6) is 5.75 Å². The molecule has 0 spiro atoms. The van der Waals surface area contributed by atoms with Crippen LogP contribution in [0.3, 0.4) is 0 Å². The van der Waals surface area contributed by atoms with Crippen molar-refractivity contribution >= 4 is 11.9 Å². The number of ether oxygens (including phenoxy) is 1. The van der Waals surface area contributed by atoms with E-state index < -0.39 is 12.6 Å². The van der Waals surface area contributed by atoms with E-state index in [1.165, 1.54) is 18.2 Å². The number of benzene rings is 2. The summed E-state index contributed by atoms with van der Waals surface area (Å²) in [5, 5.41) is 11.5. The fourth-order valence-electron chi connectivity index (χ4n) is 2.76. The lowest BCUT2D eigenvalue weighted by atomic mass is 9.95. The largest absolute Gasteiger partial charge is 0.482 e. The number of nitrogens with one attached hydrogen (secondary N) is 1. The van der Waals surface area contributed by atoms with Crippen LogP contribution in [0.2, 0.25) is 0 Å². The highest BCUT2D eigenvalue weighted by Crippen LogP contribution is 2.47. The van der Waals surface area contributed by atoms with Gasteiger partial charge in [-0.15, -0.1) is 0 Å². The quantitative estimate of drug-likeness (QED) is 0.811. The summed E-state index contributed by atoms with van der Waals surface area (Å²) in [5.74, 6) is -1.32. The Labute approximate surface area is 144 Å². The van der Waals surface area contributed by atoms with Gasteiger partial charge in [0, 0.05) is 17.5 Å². The Kier molecular flexibility index (Phi) is 4.70. The van der Waals surface area contributed by atoms with Crippen molar-refractivity contribution in [2.75, 3.05) is 13.2 Å². The minimum Gasteiger partial charge on any atom is -0.482 e. The van der Waals surface area contributed by atoms with Crippen LogP contribution in [0.1, 0.15) is 28.8 Å². The minimum absolute atomic E-state index is 0.199. The van der Waals surface area contributed by atoms with Gasteiger partial charge in [0.05, 0.1) is 0 Å². The molecule has 2 aromatic carbocycles. The number of hydrogen-bond donors (Lipinski definition) is 2. The van der Waals surface area contributed by atoms with Crippen molar-refractivity contribution in [3.63, 3.8) is 0 Å². The zero-order valence-electron chi connectivity index (χ0n) is 13.5. The first-order valence-corrected chi connectivity index (χ1v) is 7.97. The van der Waals surface area contributed by atoms with E-state index >= 15 is 0 Å². The molecular formula is C19H18FNO4. The van der Waals surface area contributed by atoms with Gasteiger partial charge in [-0.25, -0.2) is 9.18 Å². The topological polar surface area (TPSA) is 75.6 Å². The van der Waals surface area contributed by atoms with Crippen molar-refractivity contribution in [1.82, 2.24) is 5.32 Å². The van der Waals surface area contributed by atoms with Crippen molar-refractivity contribution in [1.29, 1.82) is 0 Å². The highest BCUT2D eigenvalue weighted by molar-refractivity contribution is 5.94. The lowest BCUT2D eigenvalue weighted by Crippen LogP contribution is -2.32. The Morgan fingerprint density at radius 3 is 2.60 bits per heavy atom. The second-order valence-electron chi connectivity index (χ2n) is 6.18. The van der Waals surface area contributed by atoms with E-state index in [1.807, 2.05) is 6.07 Å². The van der Waals surface area contributed by atoms with E-state index in [0.717, 1.165) is 18.4 Å². The van der Waals surface area contributed by atoms with E-state index in [1.54, 1.807) is 24.3 Å². The number of carboxylic acid groups (broad SMARTS) is 1. The Bertz CT molecular complexity index is 802. The van der Waals surface area contributed by atoms with E-state index in [-0.39, 0.29) is 17.1 Å². The third kappa shape index (κ3) is 4.15. The fraction of sp³-hybridized carbons (Fsp3) is 0.263. The molecule has 1 fully saturated rings. The molecule has 1 amide bonds. The summed E-state index contributed by atoms with van der Waals surface area (Å²) >= 11 is 0. The van der Waals surface area contributed by atoms with Gasteiger partial charge in [-0.3, -0.25) is 4.79 Å². The molecule has 0 saturated heterocycles. The molecule has 0 unspecified atom stereocenters. The van der Waals surface area contributed by atoms with Crippen molar-refractivity contribution in [3.8, 4) is 5.75 Å². The molecular weight excluding hydrogens is 325 g/mol. The number of hydrogen-bond acceptors (Lipinski definition) is 3. The number of amides is 1. The van der Waals surface area contributed by atoms with E-state index in [2.05, 4.69) is 5.32 Å². The van der Waals surface area contributed by atoms with Crippen LogP contribution in [0, 0.1) is 5.82 Å². The third-order valence-corrected chi connectivity index (χ3v) is 4.34. The maximum Gasteiger partial charge on any atom is 0.341 e. The molecule has 1 aliphatic rings. The van der Waals surface area contributed by atoms with Gasteiger partial charge in [-0.2, -0.15) is 0 Å². The predicted molar refractivity (Wildman–Crippen MR) is 89.2 cm³/mol. The Hall–Kier alpha value is -2.89. The van der Waals surface area contributed by atoms with Gasteiger partial charge < -0.3 is 15.2 Å². The van der Waals surface area contributed by atoms with Crippen LogP contribution in [0.4, 0.5) is 4.39 Å². The zero-order chi connectivity index (χ0) is 17.9. The number of halogens is 1. The van der Waals surface area contributed by atoms with Crippen LogP contribution in [0.15, 0.2) is 48.5 Å². The summed E-state index contributed by atoms with van der Waals surface area (Å²) in [4.78, 5) is 22.9. The van der Waals surface area contributed by atoms with Gasteiger partial charge in [-0.1, -0.05) is 18.2 Å². The van der Waals surface area contributed by atoms with Gasteiger partial charge in [-0.05, 0) is 48.7 Å². The maximum absolute atomic E-state index is 13.4. The second kappa shape index (κ2) is 6.93. The molecule has 0 radical (unpaired) electrons. The lowest BCUT2D eigenvalue weighted by Gasteiger charge is -2.17. The summed E-state index contributed by atoms with van der Waals surface area (Å²) in [7, 11) is 0. The normalized spacial score (nSPS) is 14.6. The summed E-state index contributed by atoms with van der Waals surface area (Å²) in [6.45, 7) is -0.0384. The second-order valence-corrected chi connectivity index (χ2v) is 6.18. The molecule has 2 N–H and O–H groups in total. The van der Waals surface area contributed by atoms with E-state index in [0.29, 0.717) is 17.9 Å². The van der Waals surface area contributed by atoms with Crippen molar-refractivity contribution < 1.29 is 23.8 Å². The highest BCUT2D eigenvalue weighted by atomic mass is 19.1. The summed E-state index contributed by atoms with van der Waals surface area (Å²) < 4.78 is 18.5. The molecule has 6 heteroatoms. The maximum atomic E-state index is 13.4. The Balaban J connectivity index is 1.63. The van der Waals surface area contributed by atoms with Gasteiger partial charge in [0.15, 0.2) is 6.61 Å². The molecule has 0 atom stereocenters. The smallest absolute Gasteiger partial charge is 0.341 e. The average Bonchev–Trinajstić information content (AvgIpc) is 3.39. The first-order valence-electron chi connectivity index (χ1n) is 7.97. The average molecular weight is 343 g/mol. The van der Waals surface area contributed by atoms with Crippen LogP contribution in [-0.2, 0) is 10.2 Å². The molecule has 5 nitrogen and oxygen atoms in total. The molecule has 25 heavy (non-hydrogen) atoms. The number of aliphatic carboxylic acids is 1. The van der Waals surface area contributed by atoms with Crippen LogP contribution in [-0.4, -0.2) is 30.1 Å². The first kappa shape index (κ1) is 17.0. The van der Waals surface area contributed by atoms with E-state index in [4.69, 9.17) is 9.84 Å². The summed E-state index contributed by atoms with van der Waals surface area (Å²) in [6.07, 6.45) is 1.80. The number of carboxylic acids is 1. The van der Waals surface area contributed by atoms with Crippen LogP contribution < -0.4 is 10.1 Å². The highest BCUT2D eigenvalue weighted by Gasteiger charge is 2.44. The molecule has 0 heterocycles. The Morgan fingerprint density at radius 1 is 1.16 bits per heavy atom. The van der Waals surface area contributed by atoms with Gasteiger partial charge in [0.25, 0.3) is 5.91 Å². The standard InChI is InChI=1S/C19H18FNO4/c20-15-5-2-4-14(10-15)19(7-8-19)12-21-18(24)13-3-1-6-16(9-13)25-11-17(22)23/h1-6,9-10H,7-8,11-12H2,(H,21,24)(H,22,23). The molecule has 130 valence electrons. The number of carbonyl (C=O) groups excluding carboxylic acids is 1. The molecule has 0 aromatic heterocycles. The van der Waals surface area contributed by atoms with Crippen molar-refractivity contribution in [2.45, 2.75) is 18.3 Å². The Morgan fingerprint density at radius 2 is 1.92 bits per heavy atom. The monoisotopic (exact) mass is 343 g/mol. The molecule has 0 bridgehead atoms. The van der Waals surface area contributed by atoms with Gasteiger partial charge in [0.2, 0.25) is 0 Å². The SMILES string of the molecule is O=C(O)COc1cccc(C(=O)NCC2(c3cccc(F)c3)CC2)c1. The summed E-state index contributed by atoms with van der Waals surface area (Å²) in [6, 6.07) is 12.8. The van der Waals surface area contributed by atoms with Crippen LogP contribution >= 0.6 is 0 Å². The fourth-order valence-corrected chi connectivity index (χ4v) is 2.76. The van der Waals surface area contributed by atoms with Gasteiger partial charge >= 0.3 is 5.97 Å². The minimum atomic E-state index is -1.08. The predicted octanol–water partition coefficient (Wildman–Crippen LogP) is 2.75. The van der Waals surface area contributed by atoms with E-state index in [9.17, 15) is 14.0 Å².